The van der Waals surface area contributed by atoms with Gasteiger partial charge in [-0.3, -0.25) is 4.98 Å². The molecule has 1 aliphatic heterocycles. The Morgan fingerprint density at radius 2 is 1.83 bits per heavy atom. The molecule has 2 heterocycles. The summed E-state index contributed by atoms with van der Waals surface area (Å²) < 4.78 is 52.8. The van der Waals surface area contributed by atoms with Gasteiger partial charge in [-0.2, -0.15) is 4.31 Å². The lowest BCUT2D eigenvalue weighted by Crippen LogP contribution is -2.42. The van der Waals surface area contributed by atoms with Crippen molar-refractivity contribution in [2.45, 2.75) is 37.6 Å². The van der Waals surface area contributed by atoms with Crippen LogP contribution < -0.4 is 0 Å². The van der Waals surface area contributed by atoms with Gasteiger partial charge in [0, 0.05) is 24.2 Å². The van der Waals surface area contributed by atoms with E-state index in [1.54, 1.807) is 24.4 Å². The number of fused-ring (bicyclic) bond motifs is 1. The molecule has 0 aliphatic carbocycles. The van der Waals surface area contributed by atoms with Crippen LogP contribution in [0.3, 0.4) is 0 Å². The SMILES string of the molecule is CCN(CC)CCCN([C@H]1CCS(=O)(=O)C1)S(=O)(=O)c1cccc2cccnc12. The topological polar surface area (TPSA) is 87.7 Å². The van der Waals surface area contributed by atoms with E-state index in [0.29, 0.717) is 24.9 Å². The Bertz CT molecular complexity index is 1050. The number of sulfone groups is 1. The van der Waals surface area contributed by atoms with Gasteiger partial charge in [0.25, 0.3) is 0 Å². The molecule has 1 fully saturated rings. The number of nitrogens with zero attached hydrogens (tertiary/aromatic N) is 3. The van der Waals surface area contributed by atoms with Gasteiger partial charge >= 0.3 is 0 Å². The molecule has 0 bridgehead atoms. The average Bonchev–Trinajstić information content (AvgIpc) is 3.06. The van der Waals surface area contributed by atoms with Crippen LogP contribution >= 0.6 is 0 Å². The van der Waals surface area contributed by atoms with Gasteiger partial charge in [0.1, 0.15) is 4.90 Å². The molecule has 1 saturated heterocycles. The largest absolute Gasteiger partial charge is 0.304 e. The maximum atomic E-state index is 13.6. The second-order valence-electron chi connectivity index (χ2n) is 7.38. The molecular formula is C20H29N3O4S2. The molecule has 1 aromatic carbocycles. The molecule has 3 rings (SSSR count). The molecule has 1 atom stereocenters. The van der Waals surface area contributed by atoms with E-state index in [0.717, 1.165) is 25.0 Å². The third-order valence-electron chi connectivity index (χ3n) is 5.55. The van der Waals surface area contributed by atoms with Gasteiger partial charge in [-0.15, -0.1) is 0 Å². The first-order valence-corrected chi connectivity index (χ1v) is 13.3. The van der Waals surface area contributed by atoms with Crippen LogP contribution in [0.1, 0.15) is 26.7 Å². The molecule has 0 saturated carbocycles. The number of hydrogen-bond acceptors (Lipinski definition) is 6. The second kappa shape index (κ2) is 9.07. The van der Waals surface area contributed by atoms with Gasteiger partial charge in [0.2, 0.25) is 10.0 Å². The monoisotopic (exact) mass is 439 g/mol. The number of pyridine rings is 1. The molecule has 0 unspecified atom stereocenters. The van der Waals surface area contributed by atoms with Crippen LogP contribution in [-0.2, 0) is 19.9 Å². The van der Waals surface area contributed by atoms with E-state index in [1.807, 2.05) is 12.1 Å². The summed E-state index contributed by atoms with van der Waals surface area (Å²) in [5, 5.41) is 0.746. The molecule has 1 aliphatic rings. The molecule has 160 valence electrons. The van der Waals surface area contributed by atoms with Gasteiger partial charge in [-0.25, -0.2) is 16.8 Å². The van der Waals surface area contributed by atoms with Crippen LogP contribution in [0.2, 0.25) is 0 Å². The molecular weight excluding hydrogens is 410 g/mol. The number of rotatable bonds is 9. The Morgan fingerprint density at radius 3 is 2.48 bits per heavy atom. The molecule has 2 aromatic rings. The molecule has 29 heavy (non-hydrogen) atoms. The Labute approximate surface area is 173 Å². The smallest absolute Gasteiger partial charge is 0.245 e. The molecule has 0 spiro atoms. The first kappa shape index (κ1) is 22.1. The zero-order chi connectivity index (χ0) is 21.1. The lowest BCUT2D eigenvalue weighted by Gasteiger charge is -2.29. The van der Waals surface area contributed by atoms with Crippen molar-refractivity contribution in [1.29, 1.82) is 0 Å². The minimum absolute atomic E-state index is 0.0352. The predicted molar refractivity (Wildman–Crippen MR) is 115 cm³/mol. The van der Waals surface area contributed by atoms with Crippen molar-refractivity contribution in [3.8, 4) is 0 Å². The molecule has 7 nitrogen and oxygen atoms in total. The van der Waals surface area contributed by atoms with Crippen LogP contribution in [-0.4, -0.2) is 74.8 Å². The summed E-state index contributed by atoms with van der Waals surface area (Å²) in [6.07, 6.45) is 2.56. The van der Waals surface area contributed by atoms with Crippen molar-refractivity contribution in [3.63, 3.8) is 0 Å². The molecule has 0 radical (unpaired) electrons. The van der Waals surface area contributed by atoms with Crippen molar-refractivity contribution in [3.05, 3.63) is 36.5 Å². The summed E-state index contributed by atoms with van der Waals surface area (Å²) in [6.45, 7) is 7.00. The summed E-state index contributed by atoms with van der Waals surface area (Å²) in [5.41, 5.74) is 0.421. The third-order valence-corrected chi connectivity index (χ3v) is 9.28. The zero-order valence-corrected chi connectivity index (χ0v) is 18.6. The van der Waals surface area contributed by atoms with Crippen molar-refractivity contribution in [2.24, 2.45) is 0 Å². The van der Waals surface area contributed by atoms with Gasteiger partial charge in [-0.1, -0.05) is 32.0 Å². The van der Waals surface area contributed by atoms with Crippen LogP contribution in [0.25, 0.3) is 10.9 Å². The quantitative estimate of drug-likeness (QED) is 0.595. The minimum atomic E-state index is -3.88. The van der Waals surface area contributed by atoms with Crippen LogP contribution in [0.4, 0.5) is 0 Å². The summed E-state index contributed by atoms with van der Waals surface area (Å²) in [5.74, 6) is -0.0801. The van der Waals surface area contributed by atoms with Crippen LogP contribution in [0.5, 0.6) is 0 Å². The van der Waals surface area contributed by atoms with Crippen LogP contribution in [0, 0.1) is 0 Å². The Morgan fingerprint density at radius 1 is 1.10 bits per heavy atom. The van der Waals surface area contributed by atoms with E-state index in [1.165, 1.54) is 4.31 Å². The highest BCUT2D eigenvalue weighted by molar-refractivity contribution is 7.92. The Balaban J connectivity index is 1.95. The predicted octanol–water partition coefficient (Wildman–Crippen LogP) is 2.14. The van der Waals surface area contributed by atoms with Crippen molar-refractivity contribution < 1.29 is 16.8 Å². The van der Waals surface area contributed by atoms with Crippen molar-refractivity contribution in [2.75, 3.05) is 37.7 Å². The average molecular weight is 440 g/mol. The normalized spacial score (nSPS) is 19.4. The lowest BCUT2D eigenvalue weighted by atomic mass is 10.2. The van der Waals surface area contributed by atoms with Gasteiger partial charge in [0.05, 0.1) is 17.0 Å². The first-order chi connectivity index (χ1) is 13.8. The molecule has 1 aromatic heterocycles. The van der Waals surface area contributed by atoms with E-state index < -0.39 is 25.9 Å². The van der Waals surface area contributed by atoms with Crippen molar-refractivity contribution in [1.82, 2.24) is 14.2 Å². The Kier molecular flexibility index (Phi) is 6.93. The third kappa shape index (κ3) is 4.96. The number of benzene rings is 1. The second-order valence-corrected chi connectivity index (χ2v) is 11.5. The Hall–Kier alpha value is -1.55. The highest BCUT2D eigenvalue weighted by atomic mass is 32.2. The van der Waals surface area contributed by atoms with Gasteiger partial charge in [0.15, 0.2) is 9.84 Å². The summed E-state index contributed by atoms with van der Waals surface area (Å²) in [6, 6.07) is 8.16. The fraction of sp³-hybridized carbons (Fsp3) is 0.550. The van der Waals surface area contributed by atoms with E-state index in [4.69, 9.17) is 0 Å². The zero-order valence-electron chi connectivity index (χ0n) is 17.0. The van der Waals surface area contributed by atoms with E-state index in [-0.39, 0.29) is 16.4 Å². The number of aromatic nitrogens is 1. The number of para-hydroxylation sites is 1. The highest BCUT2D eigenvalue weighted by Gasteiger charge is 2.39. The maximum absolute atomic E-state index is 13.6. The minimum Gasteiger partial charge on any atom is -0.304 e. The van der Waals surface area contributed by atoms with E-state index in [9.17, 15) is 16.8 Å². The first-order valence-electron chi connectivity index (χ1n) is 10.1. The standard InChI is InChI=1S/C20H29N3O4S2/c1-3-22(4-2)13-7-14-23(18-11-15-28(24,25)16-18)29(26,27)19-10-5-8-17-9-6-12-21-20(17)19/h5-6,8-10,12,18H,3-4,7,11,13-16H2,1-2H3/t18-/m0/s1. The summed E-state index contributed by atoms with van der Waals surface area (Å²) in [7, 11) is -7.09. The lowest BCUT2D eigenvalue weighted by molar-refractivity contribution is 0.269. The number of hydrogen-bond donors (Lipinski definition) is 0. The molecule has 0 amide bonds. The van der Waals surface area contributed by atoms with E-state index >= 15 is 0 Å². The van der Waals surface area contributed by atoms with Crippen LogP contribution in [0.15, 0.2) is 41.4 Å². The fourth-order valence-electron chi connectivity index (χ4n) is 3.90. The maximum Gasteiger partial charge on any atom is 0.245 e. The number of sulfonamides is 1. The fourth-order valence-corrected chi connectivity index (χ4v) is 7.59. The van der Waals surface area contributed by atoms with E-state index in [2.05, 4.69) is 23.7 Å². The molecule has 0 N–H and O–H groups in total. The van der Waals surface area contributed by atoms with Crippen molar-refractivity contribution >= 4 is 30.8 Å². The summed E-state index contributed by atoms with van der Waals surface area (Å²) in [4.78, 5) is 6.66. The molecule has 9 heteroatoms. The summed E-state index contributed by atoms with van der Waals surface area (Å²) >= 11 is 0. The highest BCUT2D eigenvalue weighted by Crippen LogP contribution is 2.29. The van der Waals surface area contributed by atoms with Gasteiger partial charge in [-0.05, 0) is 44.6 Å². The van der Waals surface area contributed by atoms with Gasteiger partial charge < -0.3 is 4.90 Å².